The van der Waals surface area contributed by atoms with Crippen LogP contribution in [0.5, 0.6) is 0 Å². The Morgan fingerprint density at radius 1 is 1.31 bits per heavy atom. The number of fused-ring (bicyclic) bond motifs is 1. The first kappa shape index (κ1) is 18.2. The number of alkyl halides is 3. The summed E-state index contributed by atoms with van der Waals surface area (Å²) in [5, 5.41) is 12.3. The van der Waals surface area contributed by atoms with Crippen LogP contribution in [0.1, 0.15) is 28.0 Å². The standard InChI is InChI=1S/C15H14F3N3O4S/c1-20-8-12(13(19-20)15(16,17)18)26(24,25)21-6-2-3-9-7-10(14(22)23)4-5-11(9)21/h4-5,7-8H,2-3,6H2,1H3,(H,22,23). The third-order valence-corrected chi connectivity index (χ3v) is 5.85. The average Bonchev–Trinajstić information content (AvgIpc) is 2.96. The Morgan fingerprint density at radius 2 is 2.00 bits per heavy atom. The van der Waals surface area contributed by atoms with Crippen molar-refractivity contribution in [3.05, 3.63) is 41.2 Å². The monoisotopic (exact) mass is 389 g/mol. The predicted octanol–water partition coefficient (Wildman–Crippen LogP) is 2.28. The van der Waals surface area contributed by atoms with Gasteiger partial charge in [-0.1, -0.05) is 0 Å². The maximum atomic E-state index is 13.2. The second-order valence-electron chi connectivity index (χ2n) is 5.84. The second-order valence-corrected chi connectivity index (χ2v) is 7.67. The Bertz CT molecular complexity index is 983. The summed E-state index contributed by atoms with van der Waals surface area (Å²) in [5.74, 6) is -1.17. The van der Waals surface area contributed by atoms with E-state index in [1.54, 1.807) is 0 Å². The lowest BCUT2D eigenvalue weighted by atomic mass is 10.0. The highest BCUT2D eigenvalue weighted by atomic mass is 32.2. The van der Waals surface area contributed by atoms with E-state index in [-0.39, 0.29) is 17.8 Å². The molecule has 0 atom stereocenters. The van der Waals surface area contributed by atoms with Crippen molar-refractivity contribution in [3.8, 4) is 0 Å². The Labute approximate surface area is 146 Å². The molecule has 11 heteroatoms. The molecule has 1 aromatic carbocycles. The van der Waals surface area contributed by atoms with Crippen molar-refractivity contribution in [2.24, 2.45) is 7.05 Å². The number of rotatable bonds is 3. The molecule has 2 aromatic rings. The van der Waals surface area contributed by atoms with Gasteiger partial charge in [-0.2, -0.15) is 18.3 Å². The number of aryl methyl sites for hydroxylation is 2. The molecular weight excluding hydrogens is 375 g/mol. The van der Waals surface area contributed by atoms with Crippen molar-refractivity contribution in [2.45, 2.75) is 23.9 Å². The molecule has 0 amide bonds. The van der Waals surface area contributed by atoms with Crippen molar-refractivity contribution >= 4 is 21.7 Å². The summed E-state index contributed by atoms with van der Waals surface area (Å²) in [7, 11) is -3.31. The first-order valence-corrected chi connectivity index (χ1v) is 8.95. The fraction of sp³-hybridized carbons (Fsp3) is 0.333. The molecule has 1 aromatic heterocycles. The molecule has 0 radical (unpaired) electrons. The first-order chi connectivity index (χ1) is 12.0. The zero-order valence-corrected chi connectivity index (χ0v) is 14.3. The number of benzene rings is 1. The van der Waals surface area contributed by atoms with Crippen LogP contribution in [-0.2, 0) is 29.7 Å². The number of aromatic carboxylic acids is 1. The summed E-state index contributed by atoms with van der Waals surface area (Å²) < 4.78 is 67.0. The van der Waals surface area contributed by atoms with Gasteiger partial charge in [-0.3, -0.25) is 8.99 Å². The van der Waals surface area contributed by atoms with E-state index in [0.717, 1.165) is 15.2 Å². The van der Waals surface area contributed by atoms with Crippen molar-refractivity contribution in [1.29, 1.82) is 0 Å². The minimum absolute atomic E-state index is 0.00601. The number of carboxylic acids is 1. The summed E-state index contributed by atoms with van der Waals surface area (Å²) in [6.07, 6.45) is -3.31. The van der Waals surface area contributed by atoms with E-state index in [1.165, 1.54) is 25.2 Å². The van der Waals surface area contributed by atoms with E-state index in [9.17, 15) is 26.4 Å². The number of hydrogen-bond donors (Lipinski definition) is 1. The third-order valence-electron chi connectivity index (χ3n) is 4.03. The minimum atomic E-state index is -4.92. The van der Waals surface area contributed by atoms with Crippen LogP contribution in [0.3, 0.4) is 0 Å². The predicted molar refractivity (Wildman–Crippen MR) is 84.5 cm³/mol. The van der Waals surface area contributed by atoms with Crippen LogP contribution >= 0.6 is 0 Å². The molecule has 0 saturated heterocycles. The molecule has 3 rings (SSSR count). The van der Waals surface area contributed by atoms with Crippen LogP contribution in [0.25, 0.3) is 0 Å². The van der Waals surface area contributed by atoms with Crippen LogP contribution in [0.15, 0.2) is 29.3 Å². The molecule has 0 spiro atoms. The van der Waals surface area contributed by atoms with Crippen LogP contribution in [0, 0.1) is 0 Å². The van der Waals surface area contributed by atoms with E-state index in [0.29, 0.717) is 18.4 Å². The maximum Gasteiger partial charge on any atom is 0.436 e. The van der Waals surface area contributed by atoms with E-state index >= 15 is 0 Å². The lowest BCUT2D eigenvalue weighted by Gasteiger charge is -2.30. The van der Waals surface area contributed by atoms with Crippen molar-refractivity contribution in [2.75, 3.05) is 10.8 Å². The summed E-state index contributed by atoms with van der Waals surface area (Å²) in [4.78, 5) is 10.1. The topological polar surface area (TPSA) is 92.5 Å². The van der Waals surface area contributed by atoms with Gasteiger partial charge in [0.05, 0.1) is 11.3 Å². The SMILES string of the molecule is Cn1cc(S(=O)(=O)N2CCCc3cc(C(=O)O)ccc32)c(C(F)(F)F)n1. The zero-order valence-electron chi connectivity index (χ0n) is 13.5. The number of hydrogen-bond acceptors (Lipinski definition) is 4. The maximum absolute atomic E-state index is 13.2. The van der Waals surface area contributed by atoms with Gasteiger partial charge in [-0.15, -0.1) is 0 Å². The zero-order chi connectivity index (χ0) is 19.3. The molecule has 2 heterocycles. The van der Waals surface area contributed by atoms with Crippen molar-refractivity contribution in [1.82, 2.24) is 9.78 Å². The number of carbonyl (C=O) groups is 1. The van der Waals surface area contributed by atoms with Crippen LogP contribution in [-0.4, -0.2) is 35.8 Å². The number of sulfonamides is 1. The number of carboxylic acid groups (broad SMARTS) is 1. The van der Waals surface area contributed by atoms with Gasteiger partial charge >= 0.3 is 12.1 Å². The van der Waals surface area contributed by atoms with Gasteiger partial charge in [-0.25, -0.2) is 13.2 Å². The first-order valence-electron chi connectivity index (χ1n) is 7.51. The smallest absolute Gasteiger partial charge is 0.436 e. The molecule has 0 aliphatic carbocycles. The average molecular weight is 389 g/mol. The Balaban J connectivity index is 2.13. The molecule has 7 nitrogen and oxygen atoms in total. The fourth-order valence-electron chi connectivity index (χ4n) is 2.92. The third kappa shape index (κ3) is 3.02. The minimum Gasteiger partial charge on any atom is -0.478 e. The molecule has 0 unspecified atom stereocenters. The molecular formula is C15H14F3N3O4S. The van der Waals surface area contributed by atoms with Crippen molar-refractivity contribution < 1.29 is 31.5 Å². The van der Waals surface area contributed by atoms with Crippen molar-refractivity contribution in [3.63, 3.8) is 0 Å². The summed E-state index contributed by atoms with van der Waals surface area (Å²) in [5.41, 5.74) is -0.856. The molecule has 1 aliphatic rings. The van der Waals surface area contributed by atoms with E-state index in [2.05, 4.69) is 5.10 Å². The highest BCUT2D eigenvalue weighted by Gasteiger charge is 2.43. The van der Waals surface area contributed by atoms with E-state index in [1.807, 2.05) is 0 Å². The number of aromatic nitrogens is 2. The normalized spacial score (nSPS) is 15.0. The number of anilines is 1. The lowest BCUT2D eigenvalue weighted by Crippen LogP contribution is -2.36. The van der Waals surface area contributed by atoms with Gasteiger partial charge < -0.3 is 5.11 Å². The molecule has 26 heavy (non-hydrogen) atoms. The highest BCUT2D eigenvalue weighted by Crippen LogP contribution is 2.37. The van der Waals surface area contributed by atoms with Gasteiger partial charge in [0.15, 0.2) is 5.69 Å². The number of nitrogens with zero attached hydrogens (tertiary/aromatic N) is 3. The Kier molecular flexibility index (Phi) is 4.21. The fourth-order valence-corrected chi connectivity index (χ4v) is 4.65. The van der Waals surface area contributed by atoms with Gasteiger partial charge in [0.25, 0.3) is 10.0 Å². The largest absolute Gasteiger partial charge is 0.478 e. The molecule has 0 fully saturated rings. The van der Waals surface area contributed by atoms with Gasteiger partial charge in [0, 0.05) is 19.8 Å². The number of halogens is 3. The van der Waals surface area contributed by atoms with Gasteiger partial charge in [0.1, 0.15) is 4.90 Å². The Hall–Kier alpha value is -2.56. The molecule has 0 saturated carbocycles. The van der Waals surface area contributed by atoms with Crippen LogP contribution < -0.4 is 4.31 Å². The van der Waals surface area contributed by atoms with E-state index < -0.39 is 32.8 Å². The van der Waals surface area contributed by atoms with Crippen LogP contribution in [0.4, 0.5) is 18.9 Å². The second kappa shape index (κ2) is 6.01. The Morgan fingerprint density at radius 3 is 2.62 bits per heavy atom. The van der Waals surface area contributed by atoms with Crippen LogP contribution in [0.2, 0.25) is 0 Å². The summed E-state index contributed by atoms with van der Waals surface area (Å²) in [6.45, 7) is -0.00601. The van der Waals surface area contributed by atoms with Gasteiger partial charge in [-0.05, 0) is 36.6 Å². The molecule has 1 aliphatic heterocycles. The summed E-state index contributed by atoms with van der Waals surface area (Å²) >= 11 is 0. The molecule has 1 N–H and O–H groups in total. The van der Waals surface area contributed by atoms with Gasteiger partial charge in [0.2, 0.25) is 0 Å². The lowest BCUT2D eigenvalue weighted by molar-refractivity contribution is -0.143. The van der Waals surface area contributed by atoms with E-state index in [4.69, 9.17) is 5.11 Å². The molecule has 0 bridgehead atoms. The molecule has 140 valence electrons. The highest BCUT2D eigenvalue weighted by molar-refractivity contribution is 7.92. The summed E-state index contributed by atoms with van der Waals surface area (Å²) in [6, 6.07) is 3.87. The quantitative estimate of drug-likeness (QED) is 0.870.